The van der Waals surface area contributed by atoms with Crippen LogP contribution in [0.15, 0.2) is 0 Å². The second kappa shape index (κ2) is 4.45. The van der Waals surface area contributed by atoms with Gasteiger partial charge in [-0.05, 0) is 13.3 Å². The summed E-state index contributed by atoms with van der Waals surface area (Å²) in [5.41, 5.74) is -0.541. The van der Waals surface area contributed by atoms with Gasteiger partial charge >= 0.3 is 6.09 Å². The molecule has 2 rings (SSSR count). The maximum absolute atomic E-state index is 11.6. The van der Waals surface area contributed by atoms with Crippen molar-refractivity contribution in [3.05, 3.63) is 0 Å². The number of cyclic esters (lactones) is 1. The lowest BCUT2D eigenvalue weighted by Gasteiger charge is -2.34. The topological polar surface area (TPSA) is 75.7 Å². The van der Waals surface area contributed by atoms with Crippen molar-refractivity contribution in [1.29, 1.82) is 0 Å². The van der Waals surface area contributed by atoms with E-state index in [4.69, 9.17) is 4.74 Å². The van der Waals surface area contributed by atoms with E-state index in [1.807, 2.05) is 6.92 Å². The molecule has 0 bridgehead atoms. The highest BCUT2D eigenvalue weighted by Crippen LogP contribution is 2.25. The molecular formula is C10H18N2O4S. The third-order valence-corrected chi connectivity index (χ3v) is 5.31. The number of nitrogens with one attached hydrogen (secondary N) is 1. The van der Waals surface area contributed by atoms with Crippen molar-refractivity contribution >= 4 is 16.1 Å². The van der Waals surface area contributed by atoms with Crippen molar-refractivity contribution in [1.82, 2.24) is 9.62 Å². The van der Waals surface area contributed by atoms with Gasteiger partial charge in [0.25, 0.3) is 0 Å². The van der Waals surface area contributed by atoms with Gasteiger partial charge in [0.15, 0.2) is 0 Å². The molecule has 7 heteroatoms. The summed E-state index contributed by atoms with van der Waals surface area (Å²) >= 11 is 0. The third-order valence-electron chi connectivity index (χ3n) is 3.36. The summed E-state index contributed by atoms with van der Waals surface area (Å²) in [7, 11) is -3.05. The maximum Gasteiger partial charge on any atom is 0.407 e. The number of nitrogens with zero attached hydrogens (tertiary/aromatic N) is 1. The van der Waals surface area contributed by atoms with E-state index in [-0.39, 0.29) is 5.75 Å². The van der Waals surface area contributed by atoms with Gasteiger partial charge in [0.05, 0.1) is 5.75 Å². The standard InChI is InChI=1S/C10H18N2O4S/c1-10(3-5-11-9(13)16-10)4-7-12-6-2-8-17(12,14)15/h2-8H2,1H3,(H,11,13)/t10-/m0/s1. The normalized spacial score (nSPS) is 33.1. The van der Waals surface area contributed by atoms with Crippen LogP contribution in [-0.4, -0.2) is 49.8 Å². The van der Waals surface area contributed by atoms with Crippen molar-refractivity contribution in [3.63, 3.8) is 0 Å². The van der Waals surface area contributed by atoms with Gasteiger partial charge in [0.1, 0.15) is 5.60 Å². The van der Waals surface area contributed by atoms with Crippen LogP contribution in [0.5, 0.6) is 0 Å². The van der Waals surface area contributed by atoms with Gasteiger partial charge in [-0.1, -0.05) is 0 Å². The molecule has 2 aliphatic heterocycles. The van der Waals surface area contributed by atoms with Gasteiger partial charge in [-0.25, -0.2) is 17.5 Å². The van der Waals surface area contributed by atoms with Gasteiger partial charge in [-0.15, -0.1) is 0 Å². The van der Waals surface area contributed by atoms with Crippen LogP contribution in [0, 0.1) is 0 Å². The molecular weight excluding hydrogens is 244 g/mol. The Kier molecular flexibility index (Phi) is 3.31. The largest absolute Gasteiger partial charge is 0.443 e. The highest BCUT2D eigenvalue weighted by Gasteiger charge is 2.35. The minimum absolute atomic E-state index is 0.241. The van der Waals surface area contributed by atoms with Crippen molar-refractivity contribution in [3.8, 4) is 0 Å². The highest BCUT2D eigenvalue weighted by atomic mass is 32.2. The Morgan fingerprint density at radius 2 is 2.29 bits per heavy atom. The number of sulfonamides is 1. The molecule has 1 atom stereocenters. The second-order valence-corrected chi connectivity index (χ2v) is 6.92. The zero-order valence-electron chi connectivity index (χ0n) is 9.94. The molecule has 2 fully saturated rings. The number of hydrogen-bond donors (Lipinski definition) is 1. The van der Waals surface area contributed by atoms with Crippen LogP contribution in [0.2, 0.25) is 0 Å². The molecule has 6 nitrogen and oxygen atoms in total. The summed E-state index contributed by atoms with van der Waals surface area (Å²) in [6, 6.07) is 0. The van der Waals surface area contributed by atoms with Gasteiger partial charge in [-0.3, -0.25) is 0 Å². The third kappa shape index (κ3) is 2.90. The van der Waals surface area contributed by atoms with Crippen LogP contribution >= 0.6 is 0 Å². The Labute approximate surface area is 101 Å². The first-order chi connectivity index (χ1) is 7.91. The fourth-order valence-electron chi connectivity index (χ4n) is 2.22. The fraction of sp³-hybridized carbons (Fsp3) is 0.900. The molecule has 1 N–H and O–H groups in total. The Bertz CT molecular complexity index is 409. The first-order valence-electron chi connectivity index (χ1n) is 5.86. The fourth-order valence-corrected chi connectivity index (χ4v) is 3.75. The van der Waals surface area contributed by atoms with Crippen LogP contribution in [0.1, 0.15) is 26.2 Å². The van der Waals surface area contributed by atoms with E-state index < -0.39 is 21.7 Å². The molecule has 0 aliphatic carbocycles. The van der Waals surface area contributed by atoms with Gasteiger partial charge < -0.3 is 10.1 Å². The van der Waals surface area contributed by atoms with Gasteiger partial charge in [0.2, 0.25) is 10.0 Å². The van der Waals surface area contributed by atoms with Crippen molar-refractivity contribution in [2.45, 2.75) is 31.8 Å². The molecule has 0 radical (unpaired) electrons. The quantitative estimate of drug-likeness (QED) is 0.793. The summed E-state index contributed by atoms with van der Waals surface area (Å²) < 4.78 is 29.9. The minimum atomic E-state index is -3.05. The maximum atomic E-state index is 11.6. The lowest BCUT2D eigenvalue weighted by molar-refractivity contribution is -0.00726. The minimum Gasteiger partial charge on any atom is -0.443 e. The number of carbonyl (C=O) groups is 1. The second-order valence-electron chi connectivity index (χ2n) is 4.83. The zero-order valence-corrected chi connectivity index (χ0v) is 10.8. The Balaban J connectivity index is 1.91. The van der Waals surface area contributed by atoms with E-state index in [1.165, 1.54) is 4.31 Å². The molecule has 0 aromatic carbocycles. The van der Waals surface area contributed by atoms with E-state index in [0.717, 1.165) is 0 Å². The molecule has 0 spiro atoms. The molecule has 2 heterocycles. The van der Waals surface area contributed by atoms with Crippen LogP contribution in [-0.2, 0) is 14.8 Å². The Hall–Kier alpha value is -0.820. The molecule has 1 amide bonds. The molecule has 2 saturated heterocycles. The van der Waals surface area contributed by atoms with E-state index in [2.05, 4.69) is 5.32 Å². The highest BCUT2D eigenvalue weighted by molar-refractivity contribution is 7.89. The average Bonchev–Trinajstić information content (AvgIpc) is 2.54. The molecule has 2 aliphatic rings. The van der Waals surface area contributed by atoms with E-state index >= 15 is 0 Å². The van der Waals surface area contributed by atoms with Crippen molar-refractivity contribution in [2.24, 2.45) is 0 Å². The summed E-state index contributed by atoms with van der Waals surface area (Å²) in [6.45, 7) is 3.47. The number of rotatable bonds is 3. The van der Waals surface area contributed by atoms with Gasteiger partial charge in [-0.2, -0.15) is 0 Å². The van der Waals surface area contributed by atoms with Crippen molar-refractivity contribution in [2.75, 3.05) is 25.4 Å². The summed E-state index contributed by atoms with van der Waals surface area (Å²) in [5, 5.41) is 2.59. The Morgan fingerprint density at radius 1 is 1.53 bits per heavy atom. The van der Waals surface area contributed by atoms with Crippen LogP contribution < -0.4 is 5.32 Å². The van der Waals surface area contributed by atoms with E-state index in [0.29, 0.717) is 38.9 Å². The number of carbonyl (C=O) groups excluding carboxylic acids is 1. The van der Waals surface area contributed by atoms with Crippen LogP contribution in [0.4, 0.5) is 4.79 Å². The summed E-state index contributed by atoms with van der Waals surface area (Å²) in [6.07, 6.45) is 1.55. The van der Waals surface area contributed by atoms with Crippen LogP contribution in [0.3, 0.4) is 0 Å². The molecule has 0 aromatic heterocycles. The lowest BCUT2D eigenvalue weighted by Crippen LogP contribution is -2.47. The average molecular weight is 262 g/mol. The monoisotopic (exact) mass is 262 g/mol. The Morgan fingerprint density at radius 3 is 2.88 bits per heavy atom. The summed E-state index contributed by atoms with van der Waals surface area (Å²) in [5.74, 6) is 0.241. The number of amides is 1. The molecule has 0 aromatic rings. The number of alkyl carbamates (subject to hydrolysis) is 1. The van der Waals surface area contributed by atoms with Gasteiger partial charge in [0, 0.05) is 32.5 Å². The lowest BCUT2D eigenvalue weighted by atomic mass is 9.96. The molecule has 98 valence electrons. The first kappa shape index (κ1) is 12.6. The molecule has 0 unspecified atom stereocenters. The zero-order chi connectivity index (χ0) is 12.5. The SMILES string of the molecule is C[C@@]1(CCN2CCCS2(=O)=O)CCNC(=O)O1. The predicted molar refractivity (Wildman–Crippen MR) is 62.1 cm³/mol. The molecule has 17 heavy (non-hydrogen) atoms. The van der Waals surface area contributed by atoms with Crippen LogP contribution in [0.25, 0.3) is 0 Å². The number of hydrogen-bond acceptors (Lipinski definition) is 4. The first-order valence-corrected chi connectivity index (χ1v) is 7.47. The van der Waals surface area contributed by atoms with E-state index in [9.17, 15) is 13.2 Å². The summed E-state index contributed by atoms with van der Waals surface area (Å²) in [4.78, 5) is 11.1. The predicted octanol–water partition coefficient (Wildman–Crippen LogP) is 0.301. The van der Waals surface area contributed by atoms with E-state index in [1.54, 1.807) is 0 Å². The smallest absolute Gasteiger partial charge is 0.407 e. The van der Waals surface area contributed by atoms with Crippen molar-refractivity contribution < 1.29 is 17.9 Å². The number of ether oxygens (including phenoxy) is 1. The molecule has 0 saturated carbocycles.